The van der Waals surface area contributed by atoms with Crippen LogP contribution >= 0.6 is 0 Å². The lowest BCUT2D eigenvalue weighted by Crippen LogP contribution is -2.14. The Bertz CT molecular complexity index is 1030. The molecular formula is C23H20N2O3. The second-order valence-corrected chi connectivity index (χ2v) is 6.24. The molecule has 0 saturated carbocycles. The van der Waals surface area contributed by atoms with Crippen molar-refractivity contribution in [2.75, 3.05) is 5.32 Å². The fraction of sp³-hybridized carbons (Fsp3) is 0.0870. The van der Waals surface area contributed by atoms with Crippen LogP contribution in [0.4, 0.5) is 11.4 Å². The number of hydrogen-bond donors (Lipinski definition) is 1. The van der Waals surface area contributed by atoms with Crippen LogP contribution in [0.15, 0.2) is 78.9 Å². The predicted octanol–water partition coefficient (Wildman–Crippen LogP) is 5.34. The standard InChI is InChI=1S/C23H20N2O3/c1-2-18-10-6-7-14-22(18)24-23(26)21(19-11-4-3-5-12-19)16-17-9-8-13-20(15-17)25(27)28/h3-16H,2H2,1H3,(H,24,26). The van der Waals surface area contributed by atoms with Crippen LogP contribution < -0.4 is 5.32 Å². The molecule has 0 aliphatic rings. The molecule has 0 heterocycles. The van der Waals surface area contributed by atoms with Gasteiger partial charge in [0.1, 0.15) is 0 Å². The summed E-state index contributed by atoms with van der Waals surface area (Å²) in [5, 5.41) is 14.0. The molecule has 5 heteroatoms. The number of carbonyl (C=O) groups is 1. The molecule has 0 spiro atoms. The Kier molecular flexibility index (Phi) is 5.97. The molecule has 0 saturated heterocycles. The predicted molar refractivity (Wildman–Crippen MR) is 112 cm³/mol. The summed E-state index contributed by atoms with van der Waals surface area (Å²) < 4.78 is 0. The summed E-state index contributed by atoms with van der Waals surface area (Å²) >= 11 is 0. The van der Waals surface area contributed by atoms with E-state index in [1.54, 1.807) is 18.2 Å². The normalized spacial score (nSPS) is 11.1. The van der Waals surface area contributed by atoms with Gasteiger partial charge >= 0.3 is 0 Å². The van der Waals surface area contributed by atoms with Crippen molar-refractivity contribution in [3.05, 3.63) is 106 Å². The molecule has 0 unspecified atom stereocenters. The topological polar surface area (TPSA) is 72.2 Å². The van der Waals surface area contributed by atoms with Crippen molar-refractivity contribution < 1.29 is 9.72 Å². The van der Waals surface area contributed by atoms with Crippen molar-refractivity contribution in [2.45, 2.75) is 13.3 Å². The van der Waals surface area contributed by atoms with Gasteiger partial charge in [-0.25, -0.2) is 0 Å². The van der Waals surface area contributed by atoms with E-state index < -0.39 is 4.92 Å². The van der Waals surface area contributed by atoms with Gasteiger partial charge in [-0.15, -0.1) is 0 Å². The first-order valence-corrected chi connectivity index (χ1v) is 8.99. The van der Waals surface area contributed by atoms with E-state index in [0.29, 0.717) is 11.1 Å². The third kappa shape index (κ3) is 4.51. The van der Waals surface area contributed by atoms with Crippen LogP contribution in [0.1, 0.15) is 23.6 Å². The highest BCUT2D eigenvalue weighted by atomic mass is 16.6. The number of para-hydroxylation sites is 1. The summed E-state index contributed by atoms with van der Waals surface area (Å²) in [5.74, 6) is -0.265. The van der Waals surface area contributed by atoms with E-state index >= 15 is 0 Å². The SMILES string of the molecule is CCc1ccccc1NC(=O)C(=Cc1cccc([N+](=O)[O-])c1)c1ccccc1. The van der Waals surface area contributed by atoms with Crippen molar-refractivity contribution in [3.63, 3.8) is 0 Å². The van der Waals surface area contributed by atoms with Gasteiger partial charge < -0.3 is 5.32 Å². The van der Waals surface area contributed by atoms with E-state index in [9.17, 15) is 14.9 Å². The minimum Gasteiger partial charge on any atom is -0.322 e. The highest BCUT2D eigenvalue weighted by Gasteiger charge is 2.14. The lowest BCUT2D eigenvalue weighted by Gasteiger charge is -2.12. The lowest BCUT2D eigenvalue weighted by molar-refractivity contribution is -0.384. The van der Waals surface area contributed by atoms with Crippen LogP contribution in [0.2, 0.25) is 0 Å². The molecule has 0 bridgehead atoms. The van der Waals surface area contributed by atoms with Gasteiger partial charge in [0.2, 0.25) is 0 Å². The van der Waals surface area contributed by atoms with Gasteiger partial charge in [-0.1, -0.05) is 67.6 Å². The fourth-order valence-corrected chi connectivity index (χ4v) is 2.93. The molecule has 0 atom stereocenters. The number of benzene rings is 3. The summed E-state index contributed by atoms with van der Waals surface area (Å²) in [6, 6.07) is 23.1. The van der Waals surface area contributed by atoms with Crippen LogP contribution in [-0.2, 0) is 11.2 Å². The average molecular weight is 372 g/mol. The maximum Gasteiger partial charge on any atom is 0.270 e. The molecule has 0 fully saturated rings. The Morgan fingerprint density at radius 1 is 1.00 bits per heavy atom. The summed E-state index contributed by atoms with van der Waals surface area (Å²) in [5.41, 5.74) is 3.55. The number of nitro groups is 1. The smallest absolute Gasteiger partial charge is 0.270 e. The number of carbonyl (C=O) groups excluding carboxylic acids is 1. The molecule has 3 aromatic carbocycles. The Balaban J connectivity index is 2.01. The van der Waals surface area contributed by atoms with Gasteiger partial charge in [-0.2, -0.15) is 0 Å². The largest absolute Gasteiger partial charge is 0.322 e. The Labute approximate surface area is 163 Å². The number of aryl methyl sites for hydroxylation is 1. The molecule has 5 nitrogen and oxygen atoms in total. The van der Waals surface area contributed by atoms with Gasteiger partial charge in [-0.3, -0.25) is 14.9 Å². The van der Waals surface area contributed by atoms with Crippen LogP contribution in [0.3, 0.4) is 0 Å². The minimum atomic E-state index is -0.447. The number of anilines is 1. The Hall–Kier alpha value is -3.73. The van der Waals surface area contributed by atoms with Crippen molar-refractivity contribution in [3.8, 4) is 0 Å². The van der Waals surface area contributed by atoms with Crippen LogP contribution in [0, 0.1) is 10.1 Å². The van der Waals surface area contributed by atoms with Gasteiger partial charge in [0.05, 0.1) is 4.92 Å². The third-order valence-electron chi connectivity index (χ3n) is 4.37. The van der Waals surface area contributed by atoms with Gasteiger partial charge in [0.15, 0.2) is 0 Å². The van der Waals surface area contributed by atoms with Crippen molar-refractivity contribution in [2.24, 2.45) is 0 Å². The first-order valence-electron chi connectivity index (χ1n) is 8.99. The maximum atomic E-state index is 13.1. The van der Waals surface area contributed by atoms with E-state index in [0.717, 1.165) is 23.2 Å². The zero-order chi connectivity index (χ0) is 19.9. The fourth-order valence-electron chi connectivity index (χ4n) is 2.93. The second-order valence-electron chi connectivity index (χ2n) is 6.24. The van der Waals surface area contributed by atoms with E-state index in [4.69, 9.17) is 0 Å². The number of amides is 1. The number of rotatable bonds is 6. The number of nitrogens with one attached hydrogen (secondary N) is 1. The highest BCUT2D eigenvalue weighted by molar-refractivity contribution is 6.29. The van der Waals surface area contributed by atoms with E-state index in [2.05, 4.69) is 5.32 Å². The zero-order valence-electron chi connectivity index (χ0n) is 15.5. The second kappa shape index (κ2) is 8.77. The van der Waals surface area contributed by atoms with E-state index in [1.165, 1.54) is 12.1 Å². The minimum absolute atomic E-state index is 0.0158. The summed E-state index contributed by atoms with van der Waals surface area (Å²) in [4.78, 5) is 23.7. The summed E-state index contributed by atoms with van der Waals surface area (Å²) in [6.07, 6.45) is 2.47. The summed E-state index contributed by atoms with van der Waals surface area (Å²) in [7, 11) is 0. The first-order chi connectivity index (χ1) is 13.6. The van der Waals surface area contributed by atoms with E-state index in [-0.39, 0.29) is 11.6 Å². The molecule has 1 N–H and O–H groups in total. The Morgan fingerprint density at radius 2 is 1.71 bits per heavy atom. The number of nitro benzene ring substituents is 1. The molecule has 3 rings (SSSR count). The van der Waals surface area contributed by atoms with Gasteiger partial charge in [-0.05, 0) is 35.3 Å². The van der Waals surface area contributed by atoms with Crippen LogP contribution in [0.25, 0.3) is 11.6 Å². The molecule has 0 aromatic heterocycles. The number of nitrogens with zero attached hydrogens (tertiary/aromatic N) is 1. The van der Waals surface area contributed by atoms with Crippen molar-refractivity contribution in [1.29, 1.82) is 0 Å². The van der Waals surface area contributed by atoms with Crippen LogP contribution in [0.5, 0.6) is 0 Å². The molecule has 3 aromatic rings. The van der Waals surface area contributed by atoms with Gasteiger partial charge in [0, 0.05) is 23.4 Å². The van der Waals surface area contributed by atoms with Crippen molar-refractivity contribution in [1.82, 2.24) is 0 Å². The molecule has 28 heavy (non-hydrogen) atoms. The third-order valence-corrected chi connectivity index (χ3v) is 4.37. The quantitative estimate of drug-likeness (QED) is 0.275. The lowest BCUT2D eigenvalue weighted by atomic mass is 10.0. The molecule has 0 radical (unpaired) electrons. The first kappa shape index (κ1) is 19.0. The monoisotopic (exact) mass is 372 g/mol. The van der Waals surface area contributed by atoms with Crippen molar-refractivity contribution >= 4 is 28.9 Å². The molecular weight excluding hydrogens is 352 g/mol. The summed E-state index contributed by atoms with van der Waals surface area (Å²) in [6.45, 7) is 2.03. The molecule has 140 valence electrons. The zero-order valence-corrected chi connectivity index (χ0v) is 15.5. The molecule has 1 amide bonds. The van der Waals surface area contributed by atoms with E-state index in [1.807, 2.05) is 61.5 Å². The highest BCUT2D eigenvalue weighted by Crippen LogP contribution is 2.24. The van der Waals surface area contributed by atoms with Crippen LogP contribution in [-0.4, -0.2) is 10.8 Å². The molecule has 0 aliphatic heterocycles. The number of non-ortho nitro benzene ring substituents is 1. The van der Waals surface area contributed by atoms with Gasteiger partial charge in [0.25, 0.3) is 11.6 Å². The molecule has 0 aliphatic carbocycles. The maximum absolute atomic E-state index is 13.1. The Morgan fingerprint density at radius 3 is 2.43 bits per heavy atom. The average Bonchev–Trinajstić information content (AvgIpc) is 2.73. The number of hydrogen-bond acceptors (Lipinski definition) is 3.